The smallest absolute Gasteiger partial charge is 0.246 e. The Kier molecular flexibility index (Phi) is 16.9. The molecule has 1 aliphatic heterocycles. The lowest BCUT2D eigenvalue weighted by Crippen LogP contribution is -2.60. The van der Waals surface area contributed by atoms with Crippen LogP contribution in [0, 0.1) is 10.8 Å². The van der Waals surface area contributed by atoms with Gasteiger partial charge >= 0.3 is 0 Å². The van der Waals surface area contributed by atoms with Crippen LogP contribution in [0.15, 0.2) is 72.8 Å². The summed E-state index contributed by atoms with van der Waals surface area (Å²) in [5.41, 5.74) is 4.97. The van der Waals surface area contributed by atoms with Gasteiger partial charge in [-0.1, -0.05) is 114 Å². The number of carbonyl (C=O) groups excluding carboxylic acids is 6. The first-order valence-corrected chi connectivity index (χ1v) is 24.6. The number of hydrogen-bond donors (Lipinski definition) is 7. The van der Waals surface area contributed by atoms with E-state index in [1.807, 2.05) is 96.1 Å². The summed E-state index contributed by atoms with van der Waals surface area (Å²) in [6.07, 6.45) is 5.86. The van der Waals surface area contributed by atoms with Gasteiger partial charge in [0.2, 0.25) is 35.4 Å². The minimum absolute atomic E-state index is 0.172. The third-order valence-corrected chi connectivity index (χ3v) is 14.2. The number of fused-ring (bicyclic) bond motifs is 2. The molecule has 9 unspecified atom stereocenters. The zero-order chi connectivity index (χ0) is 49.5. The van der Waals surface area contributed by atoms with Crippen molar-refractivity contribution >= 4 is 35.4 Å². The number of rotatable bonds is 16. The number of nitrogens with one attached hydrogen (secondary N) is 7. The van der Waals surface area contributed by atoms with E-state index in [2.05, 4.69) is 55.4 Å². The van der Waals surface area contributed by atoms with Crippen molar-refractivity contribution in [3.63, 3.8) is 0 Å². The molecule has 3 aromatic rings. The number of benzene rings is 3. The number of nitrogens with zero attached hydrogens (tertiary/aromatic N) is 1. The Morgan fingerprint density at radius 1 is 0.618 bits per heavy atom. The van der Waals surface area contributed by atoms with E-state index in [9.17, 15) is 28.8 Å². The maximum Gasteiger partial charge on any atom is 0.246 e. The van der Waals surface area contributed by atoms with Crippen molar-refractivity contribution in [2.45, 2.75) is 161 Å². The summed E-state index contributed by atoms with van der Waals surface area (Å²) in [6, 6.07) is 19.1. The lowest BCUT2D eigenvalue weighted by atomic mass is 9.85. The number of likely N-dealkylation sites (tertiary alicyclic amines) is 1. The molecule has 14 heteroatoms. The van der Waals surface area contributed by atoms with E-state index in [1.54, 1.807) is 32.8 Å². The van der Waals surface area contributed by atoms with Crippen LogP contribution in [-0.4, -0.2) is 97.2 Å². The Hall–Kier alpha value is -5.60. The fourth-order valence-electron chi connectivity index (χ4n) is 9.83. The van der Waals surface area contributed by atoms with Crippen LogP contribution in [0.2, 0.25) is 0 Å². The molecule has 3 aromatic carbocycles. The van der Waals surface area contributed by atoms with E-state index < -0.39 is 53.0 Å². The van der Waals surface area contributed by atoms with E-state index in [-0.39, 0.29) is 60.5 Å². The Morgan fingerprint density at radius 2 is 1.12 bits per heavy atom. The molecule has 68 heavy (non-hydrogen) atoms. The van der Waals surface area contributed by atoms with Crippen molar-refractivity contribution in [3.05, 3.63) is 106 Å². The third kappa shape index (κ3) is 12.5. The monoisotopic (exact) mass is 933 g/mol. The van der Waals surface area contributed by atoms with Gasteiger partial charge in [-0.3, -0.25) is 28.8 Å². The standard InChI is InChI=1S/C54H76N8O6/c1-32(55-9)47(63)60-45(53(3,4)5)51(67)59-43(49(65)57-41-23-15-19-36-17-11-13-21-39(36)41)29-34-25-27-35(28-26-34)38-30-44(50(66)58-42-24-16-20-37-18-12-14-22-40(37)42)62(31-38)52(68)46(54(6,7)8)61-48(64)33(2)56-10/h11-14,17-18,21-22,25-28,32-33,38,41-46,55-56H,15-16,19-20,23-24,29-31H2,1-10H3,(H,57,65)(H,58,66)(H,59,67)(H,60,63)(H,61,64). The van der Waals surface area contributed by atoms with E-state index in [4.69, 9.17) is 0 Å². The van der Waals surface area contributed by atoms with Crippen LogP contribution >= 0.6 is 0 Å². The van der Waals surface area contributed by atoms with E-state index in [0.717, 1.165) is 60.8 Å². The molecule has 1 fully saturated rings. The van der Waals surface area contributed by atoms with Crippen LogP contribution < -0.4 is 37.2 Å². The maximum atomic E-state index is 14.8. The summed E-state index contributed by atoms with van der Waals surface area (Å²) in [6.45, 7) is 15.1. The summed E-state index contributed by atoms with van der Waals surface area (Å²) < 4.78 is 0. The van der Waals surface area contributed by atoms with Gasteiger partial charge in [0.25, 0.3) is 0 Å². The molecular formula is C54H76N8O6. The fraction of sp³-hybridized carbons (Fsp3) is 0.556. The topological polar surface area (TPSA) is 190 Å². The van der Waals surface area contributed by atoms with Crippen LogP contribution in [-0.2, 0) is 48.0 Å². The average molecular weight is 933 g/mol. The molecule has 0 spiro atoms. The van der Waals surface area contributed by atoms with Crippen molar-refractivity contribution in [1.29, 1.82) is 0 Å². The Labute approximate surface area is 403 Å². The Morgan fingerprint density at radius 3 is 1.63 bits per heavy atom. The molecule has 6 amide bonds. The first-order valence-electron chi connectivity index (χ1n) is 24.6. The van der Waals surface area contributed by atoms with Gasteiger partial charge in [-0.05, 0) is 117 Å². The first kappa shape index (κ1) is 51.8. The summed E-state index contributed by atoms with van der Waals surface area (Å²) in [5.74, 6) is -2.17. The minimum atomic E-state index is -0.973. The molecule has 7 N–H and O–H groups in total. The first-order chi connectivity index (χ1) is 32.2. The summed E-state index contributed by atoms with van der Waals surface area (Å²) in [5, 5.41) is 21.4. The molecule has 3 aliphatic rings. The molecule has 1 heterocycles. The van der Waals surface area contributed by atoms with Crippen LogP contribution in [0.5, 0.6) is 0 Å². The van der Waals surface area contributed by atoms with Crippen molar-refractivity contribution < 1.29 is 28.8 Å². The minimum Gasteiger partial charge on any atom is -0.347 e. The number of likely N-dealkylation sites (N-methyl/N-ethyl adjacent to an activating group) is 2. The number of hydrogen-bond acceptors (Lipinski definition) is 8. The molecule has 0 saturated carbocycles. The number of aryl methyl sites for hydroxylation is 2. The van der Waals surface area contributed by atoms with E-state index in [1.165, 1.54) is 11.1 Å². The van der Waals surface area contributed by atoms with E-state index >= 15 is 0 Å². The summed E-state index contributed by atoms with van der Waals surface area (Å²) in [7, 11) is 3.37. The molecule has 14 nitrogen and oxygen atoms in total. The second kappa shape index (κ2) is 22.2. The molecule has 0 bridgehead atoms. The van der Waals surface area contributed by atoms with Crippen molar-refractivity contribution in [1.82, 2.24) is 42.1 Å². The largest absolute Gasteiger partial charge is 0.347 e. The van der Waals surface area contributed by atoms with Crippen molar-refractivity contribution in [3.8, 4) is 0 Å². The van der Waals surface area contributed by atoms with Gasteiger partial charge in [0, 0.05) is 18.9 Å². The van der Waals surface area contributed by atoms with Gasteiger partial charge in [0.05, 0.1) is 24.2 Å². The molecule has 9 atom stereocenters. The molecule has 0 aromatic heterocycles. The second-order valence-corrected chi connectivity index (χ2v) is 21.4. The van der Waals surface area contributed by atoms with Gasteiger partial charge in [0.15, 0.2) is 0 Å². The Balaban J connectivity index is 1.27. The highest BCUT2D eigenvalue weighted by atomic mass is 16.2. The van der Waals surface area contributed by atoms with Crippen molar-refractivity contribution in [2.24, 2.45) is 10.8 Å². The molecule has 0 radical (unpaired) electrons. The van der Waals surface area contributed by atoms with Crippen molar-refractivity contribution in [2.75, 3.05) is 20.6 Å². The van der Waals surface area contributed by atoms with Gasteiger partial charge in [-0.2, -0.15) is 0 Å². The third-order valence-electron chi connectivity index (χ3n) is 14.2. The normalized spacial score (nSPS) is 21.4. The van der Waals surface area contributed by atoms with E-state index in [0.29, 0.717) is 6.42 Å². The predicted molar refractivity (Wildman–Crippen MR) is 265 cm³/mol. The molecule has 2 aliphatic carbocycles. The zero-order valence-electron chi connectivity index (χ0n) is 41.9. The lowest BCUT2D eigenvalue weighted by molar-refractivity contribution is -0.144. The molecule has 1 saturated heterocycles. The Bertz CT molecular complexity index is 2280. The summed E-state index contributed by atoms with van der Waals surface area (Å²) >= 11 is 0. The van der Waals surface area contributed by atoms with Crippen LogP contribution in [0.1, 0.15) is 139 Å². The highest BCUT2D eigenvalue weighted by Crippen LogP contribution is 2.37. The molecule has 368 valence electrons. The molecular weight excluding hydrogens is 857 g/mol. The predicted octanol–water partition coefficient (Wildman–Crippen LogP) is 5.06. The van der Waals surface area contributed by atoms with Gasteiger partial charge in [-0.25, -0.2) is 0 Å². The zero-order valence-corrected chi connectivity index (χ0v) is 41.9. The highest BCUT2D eigenvalue weighted by molar-refractivity contribution is 5.95. The van der Waals surface area contributed by atoms with Gasteiger partial charge in [0.1, 0.15) is 24.2 Å². The van der Waals surface area contributed by atoms with Crippen LogP contribution in [0.25, 0.3) is 0 Å². The quantitative estimate of drug-likeness (QED) is 0.104. The van der Waals surface area contributed by atoms with Gasteiger partial charge in [-0.15, -0.1) is 0 Å². The van der Waals surface area contributed by atoms with Crippen LogP contribution in [0.3, 0.4) is 0 Å². The van der Waals surface area contributed by atoms with Crippen LogP contribution in [0.4, 0.5) is 0 Å². The fourth-order valence-corrected chi connectivity index (χ4v) is 9.83. The number of carbonyl (C=O) groups is 6. The van der Waals surface area contributed by atoms with Gasteiger partial charge < -0.3 is 42.1 Å². The number of amides is 6. The average Bonchev–Trinajstić information content (AvgIpc) is 3.77. The highest BCUT2D eigenvalue weighted by Gasteiger charge is 2.46. The second-order valence-electron chi connectivity index (χ2n) is 21.4. The maximum absolute atomic E-state index is 14.8. The molecule has 6 rings (SSSR count). The lowest BCUT2D eigenvalue weighted by Gasteiger charge is -2.36. The SMILES string of the molecule is CNC(C)C(=O)NC(C(=O)NC(Cc1ccc(C2CC(C(=O)NC3CCCc4ccccc43)N(C(=O)C(NC(=O)C(C)NC)C(C)(C)C)C2)cc1)C(=O)NC1CCCc2ccccc21)C(C)(C)C. The summed E-state index contributed by atoms with van der Waals surface area (Å²) in [4.78, 5) is 85.9.